The van der Waals surface area contributed by atoms with Crippen molar-refractivity contribution in [2.45, 2.75) is 62.8 Å². The quantitative estimate of drug-likeness (QED) is 0.235. The topological polar surface area (TPSA) is 151 Å². The smallest absolute Gasteiger partial charge is 0.322 e. The summed E-state index contributed by atoms with van der Waals surface area (Å²) >= 11 is 12.9. The SMILES string of the molecule is O=C(NCCS(=O)(=O)O)c1ccc(NC(=O)N2C3CC(OCc4c(-c5c(Cl)cccc5Cl)noc4C4CC4)CC2C3)c(F)c1. The van der Waals surface area contributed by atoms with Gasteiger partial charge >= 0.3 is 6.03 Å². The second-order valence-corrected chi connectivity index (χ2v) is 13.7. The number of hydrogen-bond acceptors (Lipinski definition) is 7. The lowest BCUT2D eigenvalue weighted by Crippen LogP contribution is -2.65. The van der Waals surface area contributed by atoms with Crippen molar-refractivity contribution < 1.29 is 36.2 Å². The van der Waals surface area contributed by atoms with Crippen molar-refractivity contribution in [3.8, 4) is 11.3 Å². The summed E-state index contributed by atoms with van der Waals surface area (Å²) in [5, 5.41) is 10.1. The zero-order chi connectivity index (χ0) is 31.2. The predicted molar refractivity (Wildman–Crippen MR) is 160 cm³/mol. The number of carbonyl (C=O) groups is 2. The second kappa shape index (κ2) is 12.3. The van der Waals surface area contributed by atoms with E-state index in [9.17, 15) is 22.4 Å². The van der Waals surface area contributed by atoms with Gasteiger partial charge in [0.25, 0.3) is 16.0 Å². The van der Waals surface area contributed by atoms with Crippen molar-refractivity contribution in [3.05, 3.63) is 69.1 Å². The molecule has 15 heteroatoms. The van der Waals surface area contributed by atoms with Gasteiger partial charge in [0.15, 0.2) is 0 Å². The van der Waals surface area contributed by atoms with Crippen LogP contribution in [0, 0.1) is 5.82 Å². The lowest BCUT2D eigenvalue weighted by molar-refractivity contribution is -0.0837. The van der Waals surface area contributed by atoms with Gasteiger partial charge in [-0.2, -0.15) is 8.42 Å². The van der Waals surface area contributed by atoms with E-state index in [1.165, 1.54) is 12.1 Å². The first-order valence-electron chi connectivity index (χ1n) is 14.1. The van der Waals surface area contributed by atoms with Gasteiger partial charge in [-0.15, -0.1) is 0 Å². The molecule has 2 saturated carbocycles. The van der Waals surface area contributed by atoms with E-state index in [0.29, 0.717) is 40.1 Å². The van der Waals surface area contributed by atoms with Crippen LogP contribution in [-0.4, -0.2) is 65.5 Å². The molecule has 7 rings (SSSR count). The molecule has 3 heterocycles. The van der Waals surface area contributed by atoms with E-state index in [-0.39, 0.29) is 42.6 Å². The van der Waals surface area contributed by atoms with Crippen LogP contribution in [-0.2, 0) is 21.5 Å². The normalized spacial score (nSPS) is 21.1. The first kappa shape index (κ1) is 30.8. The number of ether oxygens (including phenoxy) is 1. The summed E-state index contributed by atoms with van der Waals surface area (Å²) in [5.74, 6) is -1.11. The number of piperidine rings is 1. The van der Waals surface area contributed by atoms with E-state index >= 15 is 0 Å². The Hall–Kier alpha value is -3.23. The fraction of sp³-hybridized carbons (Fsp3) is 0.414. The highest BCUT2D eigenvalue weighted by Gasteiger charge is 2.48. The Morgan fingerprint density at radius 1 is 1.11 bits per heavy atom. The lowest BCUT2D eigenvalue weighted by atomic mass is 9.78. The van der Waals surface area contributed by atoms with E-state index in [0.717, 1.165) is 36.7 Å². The number of benzene rings is 2. The first-order valence-corrected chi connectivity index (χ1v) is 16.5. The standard InChI is InChI=1S/C29H29Cl2FN4O7S/c30-21-2-1-3-22(31)25(21)26-20(27(43-35-26)15-4-5-15)14-42-19-12-17-11-18(13-19)36(17)29(38)34-24-7-6-16(10-23(24)32)28(37)33-8-9-44(39,40)41/h1-3,6-7,10,15,17-19H,4-5,8-9,11-14H2,(H,33,37)(H,34,38)(H,39,40,41). The van der Waals surface area contributed by atoms with Gasteiger partial charge in [-0.05, 0) is 62.4 Å². The molecule has 2 saturated heterocycles. The number of urea groups is 1. The highest BCUT2D eigenvalue weighted by Crippen LogP contribution is 2.47. The lowest BCUT2D eigenvalue weighted by Gasteiger charge is -2.54. The Kier molecular flexibility index (Phi) is 8.59. The molecule has 4 fully saturated rings. The minimum atomic E-state index is -4.24. The minimum Gasteiger partial charge on any atom is -0.373 e. The summed E-state index contributed by atoms with van der Waals surface area (Å²) in [6.45, 7) is -0.0682. The van der Waals surface area contributed by atoms with Gasteiger partial charge in [-0.25, -0.2) is 9.18 Å². The van der Waals surface area contributed by atoms with Gasteiger partial charge in [0.2, 0.25) is 0 Å². The number of hydrogen-bond donors (Lipinski definition) is 3. The summed E-state index contributed by atoms with van der Waals surface area (Å²) in [4.78, 5) is 26.9. The number of nitrogens with zero attached hydrogens (tertiary/aromatic N) is 2. The van der Waals surface area contributed by atoms with Crippen LogP contribution in [0.3, 0.4) is 0 Å². The molecule has 3 aromatic rings. The number of carbonyl (C=O) groups excluding carboxylic acids is 2. The molecule has 2 unspecified atom stereocenters. The highest BCUT2D eigenvalue weighted by molar-refractivity contribution is 7.85. The minimum absolute atomic E-state index is 0.0609. The monoisotopic (exact) mass is 666 g/mol. The van der Waals surface area contributed by atoms with Crippen molar-refractivity contribution >= 4 is 50.9 Å². The average Bonchev–Trinajstić information content (AvgIpc) is 3.72. The third-order valence-electron chi connectivity index (χ3n) is 8.18. The van der Waals surface area contributed by atoms with Gasteiger partial charge in [-0.3, -0.25) is 9.35 Å². The summed E-state index contributed by atoms with van der Waals surface area (Å²) in [7, 11) is -4.24. The van der Waals surface area contributed by atoms with Gasteiger partial charge < -0.3 is 24.8 Å². The molecule has 3 amide bonds. The fourth-order valence-electron chi connectivity index (χ4n) is 5.87. The van der Waals surface area contributed by atoms with Crippen LogP contribution in [0.2, 0.25) is 10.0 Å². The Morgan fingerprint density at radius 2 is 1.82 bits per heavy atom. The number of halogens is 3. The van der Waals surface area contributed by atoms with Crippen LogP contribution in [0.25, 0.3) is 11.3 Å². The van der Waals surface area contributed by atoms with E-state index in [1.54, 1.807) is 23.1 Å². The van der Waals surface area contributed by atoms with Gasteiger partial charge in [0, 0.05) is 41.2 Å². The second-order valence-electron chi connectivity index (χ2n) is 11.3. The first-order chi connectivity index (χ1) is 21.0. The number of nitrogens with one attached hydrogen (secondary N) is 2. The van der Waals surface area contributed by atoms with Crippen LogP contribution in [0.4, 0.5) is 14.9 Å². The molecule has 0 spiro atoms. The zero-order valence-corrected chi connectivity index (χ0v) is 25.6. The number of anilines is 1. The maximum Gasteiger partial charge on any atom is 0.322 e. The van der Waals surface area contributed by atoms with Crippen molar-refractivity contribution in [2.24, 2.45) is 0 Å². The third-order valence-corrected chi connectivity index (χ3v) is 9.53. The largest absolute Gasteiger partial charge is 0.373 e. The summed E-state index contributed by atoms with van der Waals surface area (Å²) in [5.41, 5.74) is 1.87. The molecule has 4 aliphatic rings. The average molecular weight is 668 g/mol. The molecule has 2 bridgehead atoms. The number of amides is 3. The van der Waals surface area contributed by atoms with Crippen LogP contribution >= 0.6 is 23.2 Å². The molecule has 44 heavy (non-hydrogen) atoms. The summed E-state index contributed by atoms with van der Waals surface area (Å²) in [6, 6.07) is 8.21. The molecule has 2 aliphatic carbocycles. The Balaban J connectivity index is 1.05. The van der Waals surface area contributed by atoms with Gasteiger partial charge in [0.1, 0.15) is 17.3 Å². The van der Waals surface area contributed by atoms with Gasteiger partial charge in [0.05, 0.1) is 34.2 Å². The molecular weight excluding hydrogens is 638 g/mol. The van der Waals surface area contributed by atoms with E-state index in [4.69, 9.17) is 37.0 Å². The third kappa shape index (κ3) is 6.57. The Labute approximate surface area is 262 Å². The Bertz CT molecular complexity index is 1680. The van der Waals surface area contributed by atoms with Crippen molar-refractivity contribution in [3.63, 3.8) is 0 Å². The molecular formula is C29H29Cl2FN4O7S. The molecule has 1 aromatic heterocycles. The zero-order valence-electron chi connectivity index (χ0n) is 23.3. The number of aromatic nitrogens is 1. The Morgan fingerprint density at radius 3 is 2.45 bits per heavy atom. The molecule has 0 radical (unpaired) electrons. The summed E-state index contributed by atoms with van der Waals surface area (Å²) < 4.78 is 57.2. The molecule has 2 atom stereocenters. The van der Waals surface area contributed by atoms with Crippen LogP contribution in [0.5, 0.6) is 0 Å². The predicted octanol–water partition coefficient (Wildman–Crippen LogP) is 5.64. The molecule has 3 N–H and O–H groups in total. The molecule has 2 aliphatic heterocycles. The van der Waals surface area contributed by atoms with E-state index in [2.05, 4.69) is 15.8 Å². The van der Waals surface area contributed by atoms with E-state index < -0.39 is 33.6 Å². The van der Waals surface area contributed by atoms with Crippen LogP contribution < -0.4 is 10.6 Å². The molecule has 11 nitrogen and oxygen atoms in total. The van der Waals surface area contributed by atoms with Gasteiger partial charge in [-0.1, -0.05) is 34.4 Å². The highest BCUT2D eigenvalue weighted by atomic mass is 35.5. The maximum atomic E-state index is 14.8. The maximum absolute atomic E-state index is 14.8. The van der Waals surface area contributed by atoms with Crippen LogP contribution in [0.15, 0.2) is 40.9 Å². The molecule has 234 valence electrons. The number of rotatable bonds is 10. The van der Waals surface area contributed by atoms with Crippen molar-refractivity contribution in [1.82, 2.24) is 15.4 Å². The van der Waals surface area contributed by atoms with E-state index in [1.807, 2.05) is 0 Å². The van der Waals surface area contributed by atoms with Crippen LogP contribution in [0.1, 0.15) is 59.7 Å². The number of fused-ring (bicyclic) bond motifs is 2. The fourth-order valence-corrected chi connectivity index (χ4v) is 6.81. The van der Waals surface area contributed by atoms with Crippen molar-refractivity contribution in [2.75, 3.05) is 17.6 Å². The molecule has 2 aromatic carbocycles. The summed E-state index contributed by atoms with van der Waals surface area (Å²) in [6.07, 6.45) is 3.98. The van der Waals surface area contributed by atoms with Crippen molar-refractivity contribution in [1.29, 1.82) is 0 Å².